The third kappa shape index (κ3) is 5.81. The van der Waals surface area contributed by atoms with Gasteiger partial charge in [-0.3, -0.25) is 9.59 Å². The molecule has 0 saturated carbocycles. The molecule has 0 spiro atoms. The van der Waals surface area contributed by atoms with E-state index in [2.05, 4.69) is 10.4 Å². The van der Waals surface area contributed by atoms with Crippen LogP contribution in [0.3, 0.4) is 0 Å². The van der Waals surface area contributed by atoms with E-state index >= 15 is 0 Å². The third-order valence-corrected chi connectivity index (χ3v) is 4.97. The van der Waals surface area contributed by atoms with Gasteiger partial charge in [0.2, 0.25) is 11.8 Å². The fraction of sp³-hybridized carbons (Fsp3) is 0.450. The first-order valence-corrected chi connectivity index (χ1v) is 9.40. The average Bonchev–Trinajstić information content (AvgIpc) is 3.04. The van der Waals surface area contributed by atoms with E-state index in [1.54, 1.807) is 4.90 Å². The van der Waals surface area contributed by atoms with E-state index in [4.69, 9.17) is 5.73 Å². The van der Waals surface area contributed by atoms with Gasteiger partial charge in [-0.25, -0.2) is 4.68 Å². The molecule has 7 nitrogen and oxygen atoms in total. The monoisotopic (exact) mass is 405 g/mol. The molecule has 8 heteroatoms. The number of nitrogens with zero attached hydrogens (tertiary/aromatic N) is 3. The highest BCUT2D eigenvalue weighted by Gasteiger charge is 2.28. The lowest BCUT2D eigenvalue weighted by molar-refractivity contribution is -0.131. The fourth-order valence-corrected chi connectivity index (χ4v) is 3.38. The zero-order chi connectivity index (χ0) is 19.2. The molecular formula is C20H28ClN5O2. The van der Waals surface area contributed by atoms with Gasteiger partial charge in [0.1, 0.15) is 0 Å². The normalized spacial score (nSPS) is 19.4. The number of rotatable bonds is 5. The molecule has 0 radical (unpaired) electrons. The lowest BCUT2D eigenvalue weighted by Gasteiger charge is -2.23. The molecule has 1 aromatic carbocycles. The van der Waals surface area contributed by atoms with Crippen LogP contribution in [-0.2, 0) is 16.0 Å². The van der Waals surface area contributed by atoms with E-state index in [-0.39, 0.29) is 36.2 Å². The Kier molecular flexibility index (Phi) is 8.02. The number of hydrogen-bond acceptors (Lipinski definition) is 4. The van der Waals surface area contributed by atoms with Gasteiger partial charge in [-0.05, 0) is 37.0 Å². The Hall–Kier alpha value is -2.38. The van der Waals surface area contributed by atoms with Gasteiger partial charge < -0.3 is 16.0 Å². The largest absolute Gasteiger partial charge is 0.355 e. The van der Waals surface area contributed by atoms with Crippen molar-refractivity contribution >= 4 is 24.2 Å². The molecule has 2 atom stereocenters. The lowest BCUT2D eigenvalue weighted by Crippen LogP contribution is -2.42. The summed E-state index contributed by atoms with van der Waals surface area (Å²) < 4.78 is 1.83. The molecule has 1 fully saturated rings. The molecule has 2 amide bonds. The van der Waals surface area contributed by atoms with E-state index < -0.39 is 0 Å². The summed E-state index contributed by atoms with van der Waals surface area (Å²) in [5.74, 6) is -0.237. The van der Waals surface area contributed by atoms with Crippen molar-refractivity contribution in [3.63, 3.8) is 0 Å². The molecule has 152 valence electrons. The van der Waals surface area contributed by atoms with Crippen molar-refractivity contribution in [2.45, 2.75) is 32.2 Å². The second kappa shape index (κ2) is 10.2. The minimum absolute atomic E-state index is 0. The summed E-state index contributed by atoms with van der Waals surface area (Å²) in [7, 11) is 0. The number of para-hydroxylation sites is 1. The van der Waals surface area contributed by atoms with Crippen LogP contribution in [-0.4, -0.2) is 52.2 Å². The molecule has 1 aliphatic rings. The molecule has 0 aliphatic carbocycles. The van der Waals surface area contributed by atoms with E-state index in [0.717, 1.165) is 17.7 Å². The summed E-state index contributed by atoms with van der Waals surface area (Å²) in [6.45, 7) is 3.04. The van der Waals surface area contributed by atoms with Crippen molar-refractivity contribution in [2.75, 3.05) is 19.6 Å². The molecule has 2 heterocycles. The van der Waals surface area contributed by atoms with Crippen molar-refractivity contribution in [3.8, 4) is 5.69 Å². The lowest BCUT2D eigenvalue weighted by atomic mass is 10.0. The van der Waals surface area contributed by atoms with Crippen molar-refractivity contribution in [3.05, 3.63) is 48.3 Å². The van der Waals surface area contributed by atoms with Crippen LogP contribution in [0, 0.1) is 5.92 Å². The Morgan fingerprint density at radius 2 is 1.96 bits per heavy atom. The molecule has 2 aromatic rings. The van der Waals surface area contributed by atoms with Crippen LogP contribution in [0.15, 0.2) is 42.7 Å². The van der Waals surface area contributed by atoms with Crippen LogP contribution in [0.1, 0.15) is 25.3 Å². The van der Waals surface area contributed by atoms with Gasteiger partial charge in [-0.2, -0.15) is 5.10 Å². The zero-order valence-corrected chi connectivity index (χ0v) is 16.9. The van der Waals surface area contributed by atoms with Crippen molar-refractivity contribution < 1.29 is 9.59 Å². The number of amides is 2. The maximum absolute atomic E-state index is 12.5. The highest BCUT2D eigenvalue weighted by atomic mass is 35.5. The van der Waals surface area contributed by atoms with Gasteiger partial charge in [-0.1, -0.05) is 18.2 Å². The topological polar surface area (TPSA) is 93.2 Å². The predicted octanol–water partition coefficient (Wildman–Crippen LogP) is 1.54. The molecule has 0 bridgehead atoms. The third-order valence-electron chi connectivity index (χ3n) is 4.97. The van der Waals surface area contributed by atoms with Crippen LogP contribution in [0.4, 0.5) is 0 Å². The van der Waals surface area contributed by atoms with E-state index in [9.17, 15) is 9.59 Å². The Morgan fingerprint density at radius 3 is 2.68 bits per heavy atom. The molecule has 1 saturated heterocycles. The highest BCUT2D eigenvalue weighted by molar-refractivity contribution is 5.85. The summed E-state index contributed by atoms with van der Waals surface area (Å²) in [4.78, 5) is 25.9. The zero-order valence-electron chi connectivity index (χ0n) is 16.1. The van der Waals surface area contributed by atoms with Crippen LogP contribution < -0.4 is 11.1 Å². The van der Waals surface area contributed by atoms with Crippen LogP contribution in [0.25, 0.3) is 5.69 Å². The Bertz CT molecular complexity index is 780. The second-order valence-corrected chi connectivity index (χ2v) is 7.13. The first kappa shape index (κ1) is 21.9. The fourth-order valence-electron chi connectivity index (χ4n) is 3.38. The van der Waals surface area contributed by atoms with Gasteiger partial charge in [0.15, 0.2) is 0 Å². The van der Waals surface area contributed by atoms with Crippen LogP contribution in [0.2, 0.25) is 0 Å². The number of nitrogens with one attached hydrogen (secondary N) is 1. The molecule has 3 N–H and O–H groups in total. The molecule has 0 unspecified atom stereocenters. The van der Waals surface area contributed by atoms with Gasteiger partial charge >= 0.3 is 0 Å². The minimum Gasteiger partial charge on any atom is -0.355 e. The first-order chi connectivity index (χ1) is 13.0. The molecule has 28 heavy (non-hydrogen) atoms. The highest BCUT2D eigenvalue weighted by Crippen LogP contribution is 2.16. The number of carbonyl (C=O) groups excluding carboxylic acids is 2. The van der Waals surface area contributed by atoms with E-state index in [1.165, 1.54) is 6.92 Å². The summed E-state index contributed by atoms with van der Waals surface area (Å²) in [6, 6.07) is 9.85. The van der Waals surface area contributed by atoms with E-state index in [1.807, 2.05) is 47.4 Å². The maximum Gasteiger partial charge on any atom is 0.224 e. The number of likely N-dealkylation sites (tertiary alicyclic amines) is 1. The Labute approximate surface area is 171 Å². The Balaban J connectivity index is 0.00000280. The predicted molar refractivity (Wildman–Crippen MR) is 110 cm³/mol. The number of hydrogen-bond donors (Lipinski definition) is 2. The molecule has 3 rings (SSSR count). The summed E-state index contributed by atoms with van der Waals surface area (Å²) >= 11 is 0. The number of nitrogens with two attached hydrogens (primary N) is 1. The Morgan fingerprint density at radius 1 is 1.21 bits per heavy atom. The quantitative estimate of drug-likeness (QED) is 0.789. The summed E-state index contributed by atoms with van der Waals surface area (Å²) in [5, 5.41) is 7.37. The average molecular weight is 406 g/mol. The van der Waals surface area contributed by atoms with Crippen molar-refractivity contribution in [1.29, 1.82) is 0 Å². The van der Waals surface area contributed by atoms with Gasteiger partial charge in [0.05, 0.1) is 17.8 Å². The van der Waals surface area contributed by atoms with Gasteiger partial charge in [-0.15, -0.1) is 12.4 Å². The molecule has 1 aromatic heterocycles. The van der Waals surface area contributed by atoms with Crippen LogP contribution in [0.5, 0.6) is 0 Å². The summed E-state index contributed by atoms with van der Waals surface area (Å²) in [5.41, 5.74) is 8.09. The molecule has 1 aliphatic heterocycles. The minimum atomic E-state index is -0.200. The van der Waals surface area contributed by atoms with Crippen molar-refractivity contribution in [1.82, 2.24) is 20.0 Å². The SMILES string of the molecule is CC(=O)N1C[C@@H](N)CC[C@@H](C(=O)NCCc2cnn(-c3ccccc3)c2)C1.Cl. The molecular weight excluding hydrogens is 378 g/mol. The number of benzene rings is 1. The number of carbonyl (C=O) groups is 2. The number of halogens is 1. The number of aromatic nitrogens is 2. The standard InChI is InChI=1S/C20H27N5O2.ClH/c1-15(26)24-13-17(7-8-18(21)14-24)20(27)22-10-9-16-11-23-25(12-16)19-5-3-2-4-6-19;/h2-6,11-12,17-18H,7-10,13-14,21H2,1H3,(H,22,27);1H/t17-,18+;/m1./s1. The van der Waals surface area contributed by atoms with Gasteiger partial charge in [0, 0.05) is 38.8 Å². The van der Waals surface area contributed by atoms with Crippen molar-refractivity contribution in [2.24, 2.45) is 11.7 Å². The van der Waals surface area contributed by atoms with Crippen LogP contribution >= 0.6 is 12.4 Å². The summed E-state index contributed by atoms with van der Waals surface area (Å²) in [6.07, 6.45) is 5.97. The van der Waals surface area contributed by atoms with Gasteiger partial charge in [0.25, 0.3) is 0 Å². The smallest absolute Gasteiger partial charge is 0.224 e. The van der Waals surface area contributed by atoms with E-state index in [0.29, 0.717) is 32.5 Å². The first-order valence-electron chi connectivity index (χ1n) is 9.40. The maximum atomic E-state index is 12.5. The second-order valence-electron chi connectivity index (χ2n) is 7.13.